The van der Waals surface area contributed by atoms with Crippen molar-refractivity contribution >= 4 is 27.6 Å². The smallest absolute Gasteiger partial charge is 0.346 e. The predicted octanol–water partition coefficient (Wildman–Crippen LogP) is 4.09. The summed E-state index contributed by atoms with van der Waals surface area (Å²) in [6, 6.07) is 5.60. The molecule has 0 saturated heterocycles. The molecule has 0 amide bonds. The Labute approximate surface area is 168 Å². The number of benzene rings is 1. The maximum atomic E-state index is 11.8. The molecule has 1 aliphatic carbocycles. The number of unbranched alkanes of at least 4 members (excludes halogenated alkanes) is 1. The third-order valence-electron chi connectivity index (χ3n) is 4.78. The first-order valence-electron chi connectivity index (χ1n) is 9.44. The van der Waals surface area contributed by atoms with Crippen LogP contribution < -0.4 is 4.74 Å². The maximum absolute atomic E-state index is 11.8. The van der Waals surface area contributed by atoms with Gasteiger partial charge in [0, 0.05) is 22.6 Å². The fourth-order valence-electron chi connectivity index (χ4n) is 3.08. The van der Waals surface area contributed by atoms with Gasteiger partial charge in [-0.25, -0.2) is 4.79 Å². The molecule has 3 atom stereocenters. The number of hydrogen-bond donors (Lipinski definition) is 0. The molecule has 3 rings (SSSR count). The zero-order valence-electron chi connectivity index (χ0n) is 15.9. The summed E-state index contributed by atoms with van der Waals surface area (Å²) in [4.78, 5) is 17.5. The van der Waals surface area contributed by atoms with E-state index in [-0.39, 0.29) is 12.2 Å². The summed E-state index contributed by atoms with van der Waals surface area (Å²) in [5, 5.41) is 4.36. The van der Waals surface area contributed by atoms with Crippen LogP contribution in [0.1, 0.15) is 45.1 Å². The van der Waals surface area contributed by atoms with Gasteiger partial charge in [-0.15, -0.1) is 0 Å². The van der Waals surface area contributed by atoms with Crippen LogP contribution in [-0.2, 0) is 19.1 Å². The van der Waals surface area contributed by atoms with Crippen LogP contribution in [0.4, 0.5) is 0 Å². The Balaban J connectivity index is 1.86. The van der Waals surface area contributed by atoms with Gasteiger partial charge in [-0.2, -0.15) is 0 Å². The van der Waals surface area contributed by atoms with Gasteiger partial charge in [0.2, 0.25) is 0 Å². The van der Waals surface area contributed by atoms with Gasteiger partial charge in [0.15, 0.2) is 12.2 Å². The standard InChI is InChI=1S/C20H26BrNO5/c1-4-5-10-25-19-17(22-27-18(19)13-6-7-13)15-11-14(21)8-9-16(15)26-12(2)20(23)24-3/h8-9,11-13,18-19H,4-7,10H2,1-3H3/t12-,18?,19?/m0/s1. The summed E-state index contributed by atoms with van der Waals surface area (Å²) in [6.45, 7) is 4.46. The molecule has 0 radical (unpaired) electrons. The van der Waals surface area contributed by atoms with Gasteiger partial charge in [0.25, 0.3) is 0 Å². The quantitative estimate of drug-likeness (QED) is 0.428. The van der Waals surface area contributed by atoms with Crippen molar-refractivity contribution in [1.82, 2.24) is 0 Å². The van der Waals surface area contributed by atoms with Gasteiger partial charge in [-0.3, -0.25) is 0 Å². The molecule has 27 heavy (non-hydrogen) atoms. The monoisotopic (exact) mass is 439 g/mol. The first kappa shape index (κ1) is 20.1. The topological polar surface area (TPSA) is 66.4 Å². The number of oxime groups is 1. The van der Waals surface area contributed by atoms with Crippen molar-refractivity contribution in [1.29, 1.82) is 0 Å². The van der Waals surface area contributed by atoms with Crippen LogP contribution in [-0.4, -0.2) is 43.7 Å². The highest BCUT2D eigenvalue weighted by Crippen LogP contribution is 2.41. The van der Waals surface area contributed by atoms with Gasteiger partial charge < -0.3 is 19.0 Å². The number of nitrogens with zero attached hydrogens (tertiary/aromatic N) is 1. The molecule has 0 spiro atoms. The second-order valence-electron chi connectivity index (χ2n) is 6.95. The zero-order valence-corrected chi connectivity index (χ0v) is 17.5. The van der Waals surface area contributed by atoms with Crippen LogP contribution >= 0.6 is 15.9 Å². The Morgan fingerprint density at radius 2 is 2.19 bits per heavy atom. The highest BCUT2D eigenvalue weighted by Gasteiger charge is 2.46. The molecule has 0 bridgehead atoms. The van der Waals surface area contributed by atoms with Crippen molar-refractivity contribution in [2.75, 3.05) is 13.7 Å². The van der Waals surface area contributed by atoms with Crippen molar-refractivity contribution in [3.05, 3.63) is 28.2 Å². The molecule has 2 aliphatic rings. The second kappa shape index (κ2) is 9.06. The molecule has 1 fully saturated rings. The van der Waals surface area contributed by atoms with Gasteiger partial charge >= 0.3 is 5.97 Å². The fraction of sp³-hybridized carbons (Fsp3) is 0.600. The van der Waals surface area contributed by atoms with Crippen molar-refractivity contribution in [3.8, 4) is 5.75 Å². The van der Waals surface area contributed by atoms with E-state index in [0.29, 0.717) is 18.3 Å². The van der Waals surface area contributed by atoms with Gasteiger partial charge in [-0.1, -0.05) is 34.4 Å². The Bertz CT molecular complexity index is 704. The third kappa shape index (κ3) is 4.82. The van der Waals surface area contributed by atoms with Crippen LogP contribution in [0, 0.1) is 5.92 Å². The Kier molecular flexibility index (Phi) is 6.76. The van der Waals surface area contributed by atoms with E-state index in [1.54, 1.807) is 6.92 Å². The predicted molar refractivity (Wildman–Crippen MR) is 105 cm³/mol. The highest BCUT2D eigenvalue weighted by molar-refractivity contribution is 9.10. The molecule has 1 aliphatic heterocycles. The summed E-state index contributed by atoms with van der Waals surface area (Å²) in [7, 11) is 1.34. The molecule has 1 saturated carbocycles. The maximum Gasteiger partial charge on any atom is 0.346 e. The average Bonchev–Trinajstić information content (AvgIpc) is 3.43. The number of carbonyl (C=O) groups excluding carboxylic acids is 1. The van der Waals surface area contributed by atoms with Gasteiger partial charge in [0.05, 0.1) is 7.11 Å². The molecule has 2 unspecified atom stereocenters. The number of hydrogen-bond acceptors (Lipinski definition) is 6. The molecular formula is C20H26BrNO5. The minimum atomic E-state index is -0.725. The lowest BCUT2D eigenvalue weighted by Gasteiger charge is -2.21. The largest absolute Gasteiger partial charge is 0.478 e. The lowest BCUT2D eigenvalue weighted by atomic mass is 9.98. The molecule has 1 aromatic rings. The first-order chi connectivity index (χ1) is 13.0. The molecular weight excluding hydrogens is 414 g/mol. The molecule has 0 aromatic heterocycles. The Morgan fingerprint density at radius 3 is 2.85 bits per heavy atom. The normalized spacial score (nSPS) is 22.7. The van der Waals surface area contributed by atoms with Crippen molar-refractivity contribution in [3.63, 3.8) is 0 Å². The minimum absolute atomic E-state index is 0.0540. The van der Waals surface area contributed by atoms with E-state index < -0.39 is 12.1 Å². The van der Waals surface area contributed by atoms with E-state index in [2.05, 4.69) is 28.0 Å². The van der Waals surface area contributed by atoms with E-state index in [1.807, 2.05) is 18.2 Å². The summed E-state index contributed by atoms with van der Waals surface area (Å²) < 4.78 is 17.7. The van der Waals surface area contributed by atoms with E-state index in [1.165, 1.54) is 7.11 Å². The van der Waals surface area contributed by atoms with Gasteiger partial charge in [0.1, 0.15) is 17.6 Å². The number of esters is 1. The number of ether oxygens (including phenoxy) is 3. The summed E-state index contributed by atoms with van der Waals surface area (Å²) >= 11 is 3.51. The SMILES string of the molecule is CCCCOC1C(c2cc(Br)ccc2O[C@@H](C)C(=O)OC)=NOC1C1CC1. The lowest BCUT2D eigenvalue weighted by molar-refractivity contribution is -0.147. The molecule has 1 aromatic carbocycles. The number of methoxy groups -OCH3 is 1. The highest BCUT2D eigenvalue weighted by atomic mass is 79.9. The third-order valence-corrected chi connectivity index (χ3v) is 5.27. The fourth-order valence-corrected chi connectivity index (χ4v) is 3.44. The van der Waals surface area contributed by atoms with Crippen molar-refractivity contribution in [2.24, 2.45) is 11.1 Å². The second-order valence-corrected chi connectivity index (χ2v) is 7.87. The molecule has 1 heterocycles. The summed E-state index contributed by atoms with van der Waals surface area (Å²) in [6.07, 6.45) is 3.33. The average molecular weight is 440 g/mol. The number of carbonyl (C=O) groups is 1. The van der Waals surface area contributed by atoms with E-state index in [0.717, 1.165) is 41.4 Å². The Hall–Kier alpha value is -1.60. The Morgan fingerprint density at radius 1 is 1.41 bits per heavy atom. The van der Waals surface area contributed by atoms with Crippen molar-refractivity contribution in [2.45, 2.75) is 57.8 Å². The summed E-state index contributed by atoms with van der Waals surface area (Å²) in [5.41, 5.74) is 1.49. The van der Waals surface area contributed by atoms with Crippen LogP contribution in [0.25, 0.3) is 0 Å². The van der Waals surface area contributed by atoms with Gasteiger partial charge in [-0.05, 0) is 44.4 Å². The van der Waals surface area contributed by atoms with Crippen LogP contribution in [0.3, 0.4) is 0 Å². The summed E-state index contributed by atoms with van der Waals surface area (Å²) in [5.74, 6) is 0.613. The number of rotatable bonds is 9. The molecule has 6 nitrogen and oxygen atoms in total. The van der Waals surface area contributed by atoms with E-state index >= 15 is 0 Å². The van der Waals surface area contributed by atoms with E-state index in [4.69, 9.17) is 19.0 Å². The van der Waals surface area contributed by atoms with Crippen LogP contribution in [0.15, 0.2) is 27.8 Å². The van der Waals surface area contributed by atoms with E-state index in [9.17, 15) is 4.79 Å². The van der Waals surface area contributed by atoms with Crippen LogP contribution in [0.5, 0.6) is 5.75 Å². The molecule has 7 heteroatoms. The lowest BCUT2D eigenvalue weighted by Crippen LogP contribution is -2.35. The van der Waals surface area contributed by atoms with Crippen molar-refractivity contribution < 1.29 is 23.8 Å². The molecule has 148 valence electrons. The first-order valence-corrected chi connectivity index (χ1v) is 10.2. The number of halogens is 1. The van der Waals surface area contributed by atoms with Crippen LogP contribution in [0.2, 0.25) is 0 Å². The zero-order chi connectivity index (χ0) is 19.4. The minimum Gasteiger partial charge on any atom is -0.478 e. The molecule has 0 N–H and O–H groups in total.